The number of likely N-dealkylation sites (N-methyl/N-ethyl adjacent to an activating group) is 1. The highest BCUT2D eigenvalue weighted by Crippen LogP contribution is 1.99. The molecule has 0 aromatic heterocycles. The van der Waals surface area contributed by atoms with E-state index in [0.717, 1.165) is 12.0 Å². The third-order valence-electron chi connectivity index (χ3n) is 1.33. The second kappa shape index (κ2) is 5.71. The van der Waals surface area contributed by atoms with Gasteiger partial charge in [-0.25, -0.2) is 0 Å². The second-order valence-electron chi connectivity index (χ2n) is 2.14. The molecule has 0 aromatic carbocycles. The Hall–Kier alpha value is -1.05. The van der Waals surface area contributed by atoms with E-state index in [4.69, 9.17) is 0 Å². The highest BCUT2D eigenvalue weighted by molar-refractivity contribution is 5.93. The van der Waals surface area contributed by atoms with Crippen molar-refractivity contribution in [2.24, 2.45) is 0 Å². The zero-order valence-corrected chi connectivity index (χ0v) is 7.18. The van der Waals surface area contributed by atoms with Gasteiger partial charge < -0.3 is 5.32 Å². The van der Waals surface area contributed by atoms with Crippen molar-refractivity contribution < 1.29 is 4.79 Å². The molecule has 0 unspecified atom stereocenters. The molecule has 0 atom stereocenters. The van der Waals surface area contributed by atoms with Crippen LogP contribution in [0.2, 0.25) is 0 Å². The van der Waals surface area contributed by atoms with Crippen LogP contribution in [0.1, 0.15) is 20.3 Å². The molecular formula is C9H15NO. The van der Waals surface area contributed by atoms with Gasteiger partial charge in [-0.05, 0) is 13.3 Å². The molecule has 0 fully saturated rings. The first kappa shape index (κ1) is 9.95. The molecular weight excluding hydrogens is 138 g/mol. The summed E-state index contributed by atoms with van der Waals surface area (Å²) in [5.74, 6) is 0.00917. The molecule has 0 aromatic rings. The minimum absolute atomic E-state index is 0.00917. The Morgan fingerprint density at radius 3 is 2.55 bits per heavy atom. The van der Waals surface area contributed by atoms with Crippen LogP contribution in [0.5, 0.6) is 0 Å². The van der Waals surface area contributed by atoms with Crippen LogP contribution in [0, 0.1) is 0 Å². The van der Waals surface area contributed by atoms with Crippen LogP contribution in [0.3, 0.4) is 0 Å². The minimum atomic E-state index is 0.00917. The highest BCUT2D eigenvalue weighted by atomic mass is 16.1. The minimum Gasteiger partial charge on any atom is -0.353 e. The van der Waals surface area contributed by atoms with Gasteiger partial charge in [-0.2, -0.15) is 0 Å². The SMILES string of the molecule is C=C/C=C(\CC)C(=O)NCC. The van der Waals surface area contributed by atoms with Gasteiger partial charge >= 0.3 is 0 Å². The number of rotatable bonds is 4. The van der Waals surface area contributed by atoms with Crippen LogP contribution in [0.4, 0.5) is 0 Å². The maximum absolute atomic E-state index is 11.1. The van der Waals surface area contributed by atoms with Crippen molar-refractivity contribution >= 4 is 5.91 Å². The Labute approximate surface area is 68.0 Å². The Bertz CT molecular complexity index is 170. The van der Waals surface area contributed by atoms with Crippen LogP contribution in [-0.2, 0) is 4.79 Å². The summed E-state index contributed by atoms with van der Waals surface area (Å²) in [6.07, 6.45) is 4.12. The number of carbonyl (C=O) groups excluding carboxylic acids is 1. The van der Waals surface area contributed by atoms with E-state index in [0.29, 0.717) is 6.54 Å². The Balaban J connectivity index is 4.13. The van der Waals surface area contributed by atoms with E-state index in [-0.39, 0.29) is 5.91 Å². The highest BCUT2D eigenvalue weighted by Gasteiger charge is 2.02. The first-order valence-corrected chi connectivity index (χ1v) is 3.86. The zero-order chi connectivity index (χ0) is 8.69. The quantitative estimate of drug-likeness (QED) is 0.483. The zero-order valence-electron chi connectivity index (χ0n) is 7.18. The second-order valence-corrected chi connectivity index (χ2v) is 2.14. The van der Waals surface area contributed by atoms with Gasteiger partial charge in [0.2, 0.25) is 5.91 Å². The van der Waals surface area contributed by atoms with Crippen molar-refractivity contribution in [1.29, 1.82) is 0 Å². The van der Waals surface area contributed by atoms with E-state index in [1.807, 2.05) is 13.8 Å². The first-order chi connectivity index (χ1) is 5.26. The normalized spacial score (nSPS) is 10.9. The number of hydrogen-bond acceptors (Lipinski definition) is 1. The van der Waals surface area contributed by atoms with E-state index < -0.39 is 0 Å². The monoisotopic (exact) mass is 153 g/mol. The standard InChI is InChI=1S/C9H15NO/c1-4-7-8(5-2)9(11)10-6-3/h4,7H,1,5-6H2,2-3H3,(H,10,11)/b8-7+. The number of allylic oxidation sites excluding steroid dienone is 2. The van der Waals surface area contributed by atoms with Gasteiger partial charge in [0.1, 0.15) is 0 Å². The van der Waals surface area contributed by atoms with Crippen molar-refractivity contribution in [2.45, 2.75) is 20.3 Å². The van der Waals surface area contributed by atoms with Crippen molar-refractivity contribution in [3.8, 4) is 0 Å². The lowest BCUT2D eigenvalue weighted by Crippen LogP contribution is -2.24. The van der Waals surface area contributed by atoms with Crippen molar-refractivity contribution in [3.63, 3.8) is 0 Å². The number of hydrogen-bond donors (Lipinski definition) is 1. The summed E-state index contributed by atoms with van der Waals surface area (Å²) >= 11 is 0. The summed E-state index contributed by atoms with van der Waals surface area (Å²) in [5, 5.41) is 2.73. The molecule has 0 bridgehead atoms. The Morgan fingerprint density at radius 2 is 2.18 bits per heavy atom. The van der Waals surface area contributed by atoms with Crippen molar-refractivity contribution in [1.82, 2.24) is 5.32 Å². The van der Waals surface area contributed by atoms with Crippen molar-refractivity contribution in [3.05, 3.63) is 24.3 Å². The molecule has 11 heavy (non-hydrogen) atoms. The molecule has 2 nitrogen and oxygen atoms in total. The third-order valence-corrected chi connectivity index (χ3v) is 1.33. The maximum Gasteiger partial charge on any atom is 0.247 e. The van der Waals surface area contributed by atoms with Gasteiger partial charge in [0.05, 0.1) is 0 Å². The topological polar surface area (TPSA) is 29.1 Å². The van der Waals surface area contributed by atoms with Gasteiger partial charge in [0.25, 0.3) is 0 Å². The average Bonchev–Trinajstić information content (AvgIpc) is 2.00. The Kier molecular flexibility index (Phi) is 5.17. The molecule has 1 amide bonds. The molecule has 0 spiro atoms. The van der Waals surface area contributed by atoms with Gasteiger partial charge in [0, 0.05) is 12.1 Å². The number of carbonyl (C=O) groups is 1. The maximum atomic E-state index is 11.1. The van der Waals surface area contributed by atoms with Gasteiger partial charge in [-0.3, -0.25) is 4.79 Å². The molecule has 0 heterocycles. The summed E-state index contributed by atoms with van der Waals surface area (Å²) in [6.45, 7) is 8.06. The molecule has 62 valence electrons. The van der Waals surface area contributed by atoms with E-state index >= 15 is 0 Å². The lowest BCUT2D eigenvalue weighted by Gasteiger charge is -2.02. The number of amides is 1. The van der Waals surface area contributed by atoms with Gasteiger partial charge in [-0.1, -0.05) is 25.7 Å². The van der Waals surface area contributed by atoms with Gasteiger partial charge in [0.15, 0.2) is 0 Å². The fourth-order valence-corrected chi connectivity index (χ4v) is 0.770. The Morgan fingerprint density at radius 1 is 1.55 bits per heavy atom. The van der Waals surface area contributed by atoms with E-state index in [1.54, 1.807) is 12.2 Å². The van der Waals surface area contributed by atoms with Crippen LogP contribution in [0.15, 0.2) is 24.3 Å². The molecule has 0 radical (unpaired) electrons. The summed E-state index contributed by atoms with van der Waals surface area (Å²) < 4.78 is 0. The largest absolute Gasteiger partial charge is 0.353 e. The molecule has 0 aliphatic heterocycles. The van der Waals surface area contributed by atoms with E-state index in [9.17, 15) is 4.79 Å². The molecule has 0 saturated carbocycles. The average molecular weight is 153 g/mol. The molecule has 1 N–H and O–H groups in total. The lowest BCUT2D eigenvalue weighted by molar-refractivity contribution is -0.117. The molecule has 0 rings (SSSR count). The van der Waals surface area contributed by atoms with Crippen LogP contribution < -0.4 is 5.32 Å². The van der Waals surface area contributed by atoms with E-state index in [1.165, 1.54) is 0 Å². The smallest absolute Gasteiger partial charge is 0.247 e. The predicted octanol–water partition coefficient (Wildman–Crippen LogP) is 1.64. The van der Waals surface area contributed by atoms with Crippen molar-refractivity contribution in [2.75, 3.05) is 6.54 Å². The van der Waals surface area contributed by atoms with E-state index in [2.05, 4.69) is 11.9 Å². The van der Waals surface area contributed by atoms with Gasteiger partial charge in [-0.15, -0.1) is 0 Å². The molecule has 0 aliphatic rings. The van der Waals surface area contributed by atoms with Crippen LogP contribution in [0.25, 0.3) is 0 Å². The lowest BCUT2D eigenvalue weighted by atomic mass is 10.2. The molecule has 0 saturated heterocycles. The summed E-state index contributed by atoms with van der Waals surface area (Å²) in [4.78, 5) is 11.1. The molecule has 0 aliphatic carbocycles. The predicted molar refractivity (Wildman–Crippen MR) is 47.3 cm³/mol. The molecule has 2 heteroatoms. The van der Waals surface area contributed by atoms with Crippen LogP contribution >= 0.6 is 0 Å². The fourth-order valence-electron chi connectivity index (χ4n) is 0.770. The van der Waals surface area contributed by atoms with Crippen LogP contribution in [-0.4, -0.2) is 12.5 Å². The fraction of sp³-hybridized carbons (Fsp3) is 0.444. The summed E-state index contributed by atoms with van der Waals surface area (Å²) in [7, 11) is 0. The number of nitrogens with one attached hydrogen (secondary N) is 1. The first-order valence-electron chi connectivity index (χ1n) is 3.86. The summed E-state index contributed by atoms with van der Waals surface area (Å²) in [5.41, 5.74) is 0.779. The summed E-state index contributed by atoms with van der Waals surface area (Å²) in [6, 6.07) is 0. The third kappa shape index (κ3) is 3.61.